The van der Waals surface area contributed by atoms with E-state index in [1.165, 1.54) is 0 Å². The van der Waals surface area contributed by atoms with Crippen LogP contribution in [0.25, 0.3) is 0 Å². The molecule has 1 saturated heterocycles. The van der Waals surface area contributed by atoms with E-state index in [0.29, 0.717) is 32.6 Å². The van der Waals surface area contributed by atoms with Gasteiger partial charge in [-0.15, -0.1) is 0 Å². The summed E-state index contributed by atoms with van der Waals surface area (Å²) in [5.74, 6) is -0.138. The Labute approximate surface area is 115 Å². The van der Waals surface area contributed by atoms with Crippen LogP contribution in [0.15, 0.2) is 0 Å². The summed E-state index contributed by atoms with van der Waals surface area (Å²) in [5, 5.41) is 18.9. The number of carbonyl (C=O) groups excluding carboxylic acids is 1. The second kappa shape index (κ2) is 7.46. The van der Waals surface area contributed by atoms with Crippen LogP contribution >= 0.6 is 0 Å². The SMILES string of the molecule is CCCC(C#N)(CCC)C(=O)N1CCOCC1CO. The predicted molar refractivity (Wildman–Crippen MR) is 71.3 cm³/mol. The molecule has 0 aliphatic carbocycles. The molecule has 0 bridgehead atoms. The number of aliphatic hydroxyl groups excluding tert-OH is 1. The van der Waals surface area contributed by atoms with E-state index >= 15 is 0 Å². The van der Waals surface area contributed by atoms with E-state index in [0.717, 1.165) is 12.8 Å². The van der Waals surface area contributed by atoms with Crippen LogP contribution in [-0.4, -0.2) is 48.3 Å². The lowest BCUT2D eigenvalue weighted by Gasteiger charge is -2.39. The van der Waals surface area contributed by atoms with E-state index in [1.807, 2.05) is 13.8 Å². The van der Waals surface area contributed by atoms with Gasteiger partial charge in [-0.25, -0.2) is 0 Å². The number of ether oxygens (including phenoxy) is 1. The molecule has 1 unspecified atom stereocenters. The highest BCUT2D eigenvalue weighted by molar-refractivity contribution is 5.85. The van der Waals surface area contributed by atoms with Crippen LogP contribution in [0.3, 0.4) is 0 Å². The molecular weight excluding hydrogens is 244 g/mol. The third kappa shape index (κ3) is 3.46. The van der Waals surface area contributed by atoms with Gasteiger partial charge in [-0.1, -0.05) is 26.7 Å². The van der Waals surface area contributed by atoms with E-state index in [1.54, 1.807) is 4.90 Å². The normalized spacial score (nSPS) is 20.1. The van der Waals surface area contributed by atoms with Crippen LogP contribution in [0.2, 0.25) is 0 Å². The third-order valence-corrected chi connectivity index (χ3v) is 3.68. The van der Waals surface area contributed by atoms with Gasteiger partial charge in [0.05, 0.1) is 31.9 Å². The van der Waals surface area contributed by atoms with Crippen LogP contribution in [-0.2, 0) is 9.53 Å². The lowest BCUT2D eigenvalue weighted by atomic mass is 9.79. The number of aliphatic hydroxyl groups is 1. The molecule has 0 aromatic carbocycles. The van der Waals surface area contributed by atoms with Crippen molar-refractivity contribution in [1.29, 1.82) is 5.26 Å². The molecule has 19 heavy (non-hydrogen) atoms. The van der Waals surface area contributed by atoms with Gasteiger partial charge in [0.2, 0.25) is 5.91 Å². The van der Waals surface area contributed by atoms with Crippen molar-refractivity contribution in [2.24, 2.45) is 5.41 Å². The standard InChI is InChI=1S/C14H24N2O3/c1-3-5-14(11-15,6-4-2)13(18)16-7-8-19-10-12(16)9-17/h12,17H,3-10H2,1-2H3. The summed E-state index contributed by atoms with van der Waals surface area (Å²) in [6.07, 6.45) is 2.75. The molecule has 0 aromatic heterocycles. The molecule has 1 aliphatic rings. The molecule has 1 heterocycles. The zero-order valence-electron chi connectivity index (χ0n) is 11.9. The smallest absolute Gasteiger partial charge is 0.243 e. The van der Waals surface area contributed by atoms with Crippen LogP contribution < -0.4 is 0 Å². The molecule has 108 valence electrons. The molecule has 5 nitrogen and oxygen atoms in total. The Bertz CT molecular complexity index is 332. The largest absolute Gasteiger partial charge is 0.394 e. The molecule has 5 heteroatoms. The predicted octanol–water partition coefficient (Wildman–Crippen LogP) is 1.32. The number of hydrogen-bond donors (Lipinski definition) is 1. The molecule has 0 spiro atoms. The Kier molecular flexibility index (Phi) is 6.26. The van der Waals surface area contributed by atoms with Gasteiger partial charge in [-0.3, -0.25) is 4.79 Å². The summed E-state index contributed by atoms with van der Waals surface area (Å²) in [6, 6.07) is 1.93. The summed E-state index contributed by atoms with van der Waals surface area (Å²) < 4.78 is 5.28. The van der Waals surface area contributed by atoms with Gasteiger partial charge in [-0.05, 0) is 12.8 Å². The molecule has 1 aliphatic heterocycles. The maximum atomic E-state index is 12.7. The average molecular weight is 268 g/mol. The van der Waals surface area contributed by atoms with Gasteiger partial charge in [0.1, 0.15) is 5.41 Å². The average Bonchev–Trinajstić information content (AvgIpc) is 2.46. The maximum absolute atomic E-state index is 12.7. The summed E-state index contributed by atoms with van der Waals surface area (Å²) in [4.78, 5) is 14.4. The van der Waals surface area contributed by atoms with Crippen LogP contribution in [0.4, 0.5) is 0 Å². The Hall–Kier alpha value is -1.12. The van der Waals surface area contributed by atoms with Gasteiger partial charge in [0.15, 0.2) is 0 Å². The lowest BCUT2D eigenvalue weighted by Crippen LogP contribution is -2.55. The van der Waals surface area contributed by atoms with Gasteiger partial charge in [0, 0.05) is 6.54 Å². The van der Waals surface area contributed by atoms with Crippen molar-refractivity contribution < 1.29 is 14.6 Å². The number of rotatable bonds is 6. The second-order valence-electron chi connectivity index (χ2n) is 5.10. The number of nitrogens with zero attached hydrogens (tertiary/aromatic N) is 2. The number of nitriles is 1. The summed E-state index contributed by atoms with van der Waals surface area (Å²) in [6.45, 7) is 5.13. The molecule has 0 aromatic rings. The molecular formula is C14H24N2O3. The third-order valence-electron chi connectivity index (χ3n) is 3.68. The van der Waals surface area contributed by atoms with Gasteiger partial charge < -0.3 is 14.7 Å². The van der Waals surface area contributed by atoms with Crippen molar-refractivity contribution in [3.05, 3.63) is 0 Å². The number of carbonyl (C=O) groups is 1. The molecule has 0 saturated carbocycles. The molecule has 1 rings (SSSR count). The topological polar surface area (TPSA) is 73.6 Å². The fourth-order valence-corrected chi connectivity index (χ4v) is 2.70. The molecule has 1 fully saturated rings. The van der Waals surface area contributed by atoms with E-state index in [-0.39, 0.29) is 18.6 Å². The molecule has 1 amide bonds. The van der Waals surface area contributed by atoms with Crippen molar-refractivity contribution in [2.45, 2.75) is 45.6 Å². The zero-order valence-corrected chi connectivity index (χ0v) is 11.9. The first kappa shape index (κ1) is 15.9. The fourth-order valence-electron chi connectivity index (χ4n) is 2.70. The first-order valence-corrected chi connectivity index (χ1v) is 7.06. The van der Waals surface area contributed by atoms with E-state index in [4.69, 9.17) is 4.74 Å². The van der Waals surface area contributed by atoms with Crippen molar-refractivity contribution >= 4 is 5.91 Å². The minimum Gasteiger partial charge on any atom is -0.394 e. The minimum absolute atomic E-state index is 0.120. The quantitative estimate of drug-likeness (QED) is 0.788. The van der Waals surface area contributed by atoms with Gasteiger partial charge >= 0.3 is 0 Å². The first-order valence-electron chi connectivity index (χ1n) is 7.06. The van der Waals surface area contributed by atoms with Crippen LogP contribution in [0.5, 0.6) is 0 Å². The van der Waals surface area contributed by atoms with Crippen molar-refractivity contribution in [3.8, 4) is 6.07 Å². The molecule has 1 atom stereocenters. The fraction of sp³-hybridized carbons (Fsp3) is 0.857. The van der Waals surface area contributed by atoms with E-state index in [9.17, 15) is 15.2 Å². The Balaban J connectivity index is 2.94. The van der Waals surface area contributed by atoms with Crippen molar-refractivity contribution in [3.63, 3.8) is 0 Å². The Morgan fingerprint density at radius 1 is 1.47 bits per heavy atom. The molecule has 0 radical (unpaired) electrons. The van der Waals surface area contributed by atoms with E-state index < -0.39 is 5.41 Å². The van der Waals surface area contributed by atoms with Crippen molar-refractivity contribution in [1.82, 2.24) is 4.90 Å². The van der Waals surface area contributed by atoms with Gasteiger partial charge in [-0.2, -0.15) is 5.26 Å². The van der Waals surface area contributed by atoms with Crippen LogP contribution in [0.1, 0.15) is 39.5 Å². The Morgan fingerprint density at radius 3 is 2.58 bits per heavy atom. The zero-order chi connectivity index (χ0) is 14.3. The van der Waals surface area contributed by atoms with Crippen LogP contribution in [0, 0.1) is 16.7 Å². The Morgan fingerprint density at radius 2 is 2.11 bits per heavy atom. The highest BCUT2D eigenvalue weighted by Crippen LogP contribution is 2.32. The second-order valence-corrected chi connectivity index (χ2v) is 5.10. The minimum atomic E-state index is -0.936. The van der Waals surface area contributed by atoms with E-state index in [2.05, 4.69) is 6.07 Å². The summed E-state index contributed by atoms with van der Waals surface area (Å²) >= 11 is 0. The monoisotopic (exact) mass is 268 g/mol. The highest BCUT2D eigenvalue weighted by atomic mass is 16.5. The summed E-state index contributed by atoms with van der Waals surface area (Å²) in [5.41, 5.74) is -0.936. The maximum Gasteiger partial charge on any atom is 0.243 e. The summed E-state index contributed by atoms with van der Waals surface area (Å²) in [7, 11) is 0. The number of amides is 1. The highest BCUT2D eigenvalue weighted by Gasteiger charge is 2.42. The van der Waals surface area contributed by atoms with Crippen molar-refractivity contribution in [2.75, 3.05) is 26.4 Å². The lowest BCUT2D eigenvalue weighted by molar-refractivity contribution is -0.150. The number of hydrogen-bond acceptors (Lipinski definition) is 4. The first-order chi connectivity index (χ1) is 9.15. The number of morpholine rings is 1. The molecule has 1 N–H and O–H groups in total. The van der Waals surface area contributed by atoms with Gasteiger partial charge in [0.25, 0.3) is 0 Å².